The van der Waals surface area contributed by atoms with Crippen molar-refractivity contribution in [1.82, 2.24) is 0 Å². The molecule has 2 rings (SSSR count). The van der Waals surface area contributed by atoms with Crippen LogP contribution in [0.1, 0.15) is 40.7 Å². The molecule has 4 nitrogen and oxygen atoms in total. The van der Waals surface area contributed by atoms with Crippen LogP contribution in [0.2, 0.25) is 0 Å². The number of carbonyl (C=O) groups excluding carboxylic acids is 2. The lowest BCUT2D eigenvalue weighted by molar-refractivity contribution is -0.117. The quantitative estimate of drug-likeness (QED) is 0.852. The maximum absolute atomic E-state index is 12.6. The number of nitrogens with one attached hydrogen (secondary N) is 1. The Morgan fingerprint density at radius 1 is 1.09 bits per heavy atom. The van der Waals surface area contributed by atoms with Crippen LogP contribution in [0, 0.1) is 6.92 Å². The zero-order valence-electron chi connectivity index (χ0n) is 13.6. The Bertz CT molecular complexity index is 695. The van der Waals surface area contributed by atoms with E-state index in [0.29, 0.717) is 23.2 Å². The molecule has 120 valence electrons. The van der Waals surface area contributed by atoms with E-state index in [4.69, 9.17) is 4.74 Å². The number of esters is 1. The predicted molar refractivity (Wildman–Crippen MR) is 90.6 cm³/mol. The number of amides is 1. The largest absolute Gasteiger partial charge is 0.465 e. The Morgan fingerprint density at radius 3 is 2.39 bits per heavy atom. The summed E-state index contributed by atoms with van der Waals surface area (Å²) in [6.45, 7) is 3.78. The molecule has 0 aromatic heterocycles. The van der Waals surface area contributed by atoms with Gasteiger partial charge in [-0.25, -0.2) is 4.79 Å². The van der Waals surface area contributed by atoms with E-state index in [9.17, 15) is 9.59 Å². The summed E-state index contributed by atoms with van der Waals surface area (Å²) >= 11 is 0. The third-order valence-corrected chi connectivity index (χ3v) is 3.92. The number of rotatable bonds is 5. The van der Waals surface area contributed by atoms with Gasteiger partial charge in [-0.3, -0.25) is 4.79 Å². The molecule has 0 saturated heterocycles. The van der Waals surface area contributed by atoms with Crippen LogP contribution in [0.4, 0.5) is 5.69 Å². The van der Waals surface area contributed by atoms with Crippen molar-refractivity contribution in [2.75, 3.05) is 12.4 Å². The number of carbonyl (C=O) groups is 2. The maximum Gasteiger partial charge on any atom is 0.338 e. The molecule has 1 N–H and O–H groups in total. The Morgan fingerprint density at radius 2 is 1.78 bits per heavy atom. The van der Waals surface area contributed by atoms with Gasteiger partial charge >= 0.3 is 5.97 Å². The fourth-order valence-electron chi connectivity index (χ4n) is 2.58. The minimum atomic E-state index is -0.409. The van der Waals surface area contributed by atoms with Gasteiger partial charge in [-0.2, -0.15) is 0 Å². The highest BCUT2D eigenvalue weighted by Gasteiger charge is 2.20. The van der Waals surface area contributed by atoms with Crippen molar-refractivity contribution in [1.29, 1.82) is 0 Å². The van der Waals surface area contributed by atoms with Crippen molar-refractivity contribution in [3.63, 3.8) is 0 Å². The summed E-state index contributed by atoms with van der Waals surface area (Å²) in [5.41, 5.74) is 2.77. The molecule has 0 aliphatic carbocycles. The number of methoxy groups -OCH3 is 1. The Labute approximate surface area is 136 Å². The fraction of sp³-hybridized carbons (Fsp3) is 0.263. The van der Waals surface area contributed by atoms with E-state index in [1.54, 1.807) is 25.1 Å². The van der Waals surface area contributed by atoms with Gasteiger partial charge in [0.25, 0.3) is 0 Å². The number of anilines is 1. The highest BCUT2D eigenvalue weighted by Crippen LogP contribution is 2.24. The van der Waals surface area contributed by atoms with E-state index in [1.807, 2.05) is 37.3 Å². The molecule has 2 aromatic rings. The Hall–Kier alpha value is -2.62. The summed E-state index contributed by atoms with van der Waals surface area (Å²) in [6.07, 6.45) is 0.700. The van der Waals surface area contributed by atoms with E-state index in [2.05, 4.69) is 5.32 Å². The van der Waals surface area contributed by atoms with E-state index >= 15 is 0 Å². The molecule has 0 aliphatic heterocycles. The van der Waals surface area contributed by atoms with Crippen molar-refractivity contribution in [2.24, 2.45) is 0 Å². The highest BCUT2D eigenvalue weighted by atomic mass is 16.5. The third-order valence-electron chi connectivity index (χ3n) is 3.92. The molecule has 0 saturated carbocycles. The molecule has 0 heterocycles. The Balaban J connectivity index is 2.24. The molecule has 0 fully saturated rings. The summed E-state index contributed by atoms with van der Waals surface area (Å²) in [7, 11) is 1.34. The van der Waals surface area contributed by atoms with Gasteiger partial charge < -0.3 is 10.1 Å². The van der Waals surface area contributed by atoms with Gasteiger partial charge in [-0.1, -0.05) is 43.3 Å². The zero-order valence-corrected chi connectivity index (χ0v) is 13.6. The maximum atomic E-state index is 12.6. The lowest BCUT2D eigenvalue weighted by atomic mass is 9.95. The first-order valence-electron chi connectivity index (χ1n) is 7.62. The number of benzene rings is 2. The smallest absolute Gasteiger partial charge is 0.338 e. The first kappa shape index (κ1) is 16.7. The molecule has 1 amide bonds. The molecule has 2 aromatic carbocycles. The van der Waals surface area contributed by atoms with Gasteiger partial charge in [-0.15, -0.1) is 0 Å². The molecule has 1 atom stereocenters. The highest BCUT2D eigenvalue weighted by molar-refractivity contribution is 5.99. The van der Waals surface area contributed by atoms with E-state index in [-0.39, 0.29) is 11.8 Å². The summed E-state index contributed by atoms with van der Waals surface area (Å²) in [5, 5.41) is 2.93. The van der Waals surface area contributed by atoms with E-state index in [0.717, 1.165) is 5.56 Å². The molecule has 0 spiro atoms. The summed E-state index contributed by atoms with van der Waals surface area (Å²) in [5.74, 6) is -0.713. The Kier molecular flexibility index (Phi) is 5.52. The second-order valence-corrected chi connectivity index (χ2v) is 5.33. The number of hydrogen-bond donors (Lipinski definition) is 1. The molecule has 0 bridgehead atoms. The van der Waals surface area contributed by atoms with E-state index < -0.39 is 5.97 Å². The summed E-state index contributed by atoms with van der Waals surface area (Å²) in [6, 6.07) is 14.9. The molecular formula is C19H21NO3. The standard InChI is InChI=1S/C19H21NO3/c1-4-15(14-9-6-5-7-10-14)18(21)20-17-12-8-11-16(13(17)2)19(22)23-3/h5-12,15H,4H2,1-3H3,(H,20,21)/t15-/m0/s1. The summed E-state index contributed by atoms with van der Waals surface area (Å²) in [4.78, 5) is 24.4. The molecule has 0 aliphatic rings. The van der Waals surface area contributed by atoms with Crippen molar-refractivity contribution < 1.29 is 14.3 Å². The van der Waals surface area contributed by atoms with Gasteiger partial charge in [0.1, 0.15) is 0 Å². The molecule has 4 heteroatoms. The van der Waals surface area contributed by atoms with Crippen LogP contribution >= 0.6 is 0 Å². The van der Waals surface area contributed by atoms with Gasteiger partial charge in [-0.05, 0) is 36.6 Å². The lowest BCUT2D eigenvalue weighted by Crippen LogP contribution is -2.21. The topological polar surface area (TPSA) is 55.4 Å². The molecule has 23 heavy (non-hydrogen) atoms. The molecule has 0 radical (unpaired) electrons. The minimum absolute atomic E-state index is 0.0798. The second-order valence-electron chi connectivity index (χ2n) is 5.33. The summed E-state index contributed by atoms with van der Waals surface area (Å²) < 4.78 is 4.76. The zero-order chi connectivity index (χ0) is 16.8. The average molecular weight is 311 g/mol. The minimum Gasteiger partial charge on any atom is -0.465 e. The molecule has 0 unspecified atom stereocenters. The van der Waals surface area contributed by atoms with Gasteiger partial charge in [0, 0.05) is 5.69 Å². The van der Waals surface area contributed by atoms with Crippen LogP contribution in [0.15, 0.2) is 48.5 Å². The number of hydrogen-bond acceptors (Lipinski definition) is 3. The number of ether oxygens (including phenoxy) is 1. The van der Waals surface area contributed by atoms with Crippen molar-refractivity contribution in [2.45, 2.75) is 26.2 Å². The first-order valence-corrected chi connectivity index (χ1v) is 7.62. The van der Waals surface area contributed by atoms with Crippen LogP contribution in [-0.2, 0) is 9.53 Å². The van der Waals surface area contributed by atoms with Crippen molar-refractivity contribution in [3.8, 4) is 0 Å². The van der Waals surface area contributed by atoms with Crippen LogP contribution < -0.4 is 5.32 Å². The first-order chi connectivity index (χ1) is 11.1. The van der Waals surface area contributed by atoms with Crippen LogP contribution in [0.5, 0.6) is 0 Å². The van der Waals surface area contributed by atoms with Gasteiger partial charge in [0.2, 0.25) is 5.91 Å². The third kappa shape index (κ3) is 3.77. The lowest BCUT2D eigenvalue weighted by Gasteiger charge is -2.17. The second kappa shape index (κ2) is 7.58. The average Bonchev–Trinajstić information content (AvgIpc) is 2.57. The molecular weight excluding hydrogens is 290 g/mol. The fourth-order valence-corrected chi connectivity index (χ4v) is 2.58. The van der Waals surface area contributed by atoms with Crippen LogP contribution in [-0.4, -0.2) is 19.0 Å². The van der Waals surface area contributed by atoms with E-state index in [1.165, 1.54) is 7.11 Å². The monoisotopic (exact) mass is 311 g/mol. The van der Waals surface area contributed by atoms with Gasteiger partial charge in [0.05, 0.1) is 18.6 Å². The normalized spacial score (nSPS) is 11.6. The SMILES string of the molecule is CC[C@H](C(=O)Nc1cccc(C(=O)OC)c1C)c1ccccc1. The van der Waals surface area contributed by atoms with Crippen molar-refractivity contribution in [3.05, 3.63) is 65.2 Å². The van der Waals surface area contributed by atoms with Crippen LogP contribution in [0.3, 0.4) is 0 Å². The predicted octanol–water partition coefficient (Wildman–Crippen LogP) is 3.91. The van der Waals surface area contributed by atoms with Crippen molar-refractivity contribution >= 4 is 17.6 Å². The van der Waals surface area contributed by atoms with Crippen LogP contribution in [0.25, 0.3) is 0 Å². The van der Waals surface area contributed by atoms with Gasteiger partial charge in [0.15, 0.2) is 0 Å².